The molecule has 0 saturated heterocycles. The van der Waals surface area contributed by atoms with E-state index in [0.29, 0.717) is 30.2 Å². The highest BCUT2D eigenvalue weighted by Gasteiger charge is 2.37. The number of rotatable bonds is 5. The van der Waals surface area contributed by atoms with Crippen molar-refractivity contribution in [3.8, 4) is 11.6 Å². The van der Waals surface area contributed by atoms with Gasteiger partial charge in [0, 0.05) is 36.8 Å². The number of nitrogens with zero attached hydrogens (tertiary/aromatic N) is 2. The van der Waals surface area contributed by atoms with Crippen molar-refractivity contribution in [1.29, 1.82) is 0 Å². The molecule has 1 aliphatic carbocycles. The molecule has 8 heteroatoms. The third kappa shape index (κ3) is 5.81. The summed E-state index contributed by atoms with van der Waals surface area (Å²) in [6.45, 7) is 6.55. The second-order valence-corrected chi connectivity index (χ2v) is 11.0. The number of primary amides is 1. The molecule has 2 aromatic carbocycles. The first-order valence-electron chi connectivity index (χ1n) is 13.0. The van der Waals surface area contributed by atoms with Crippen molar-refractivity contribution < 1.29 is 19.1 Å². The van der Waals surface area contributed by atoms with Crippen molar-refractivity contribution in [2.45, 2.75) is 70.8 Å². The molecule has 0 saturated carbocycles. The minimum absolute atomic E-state index is 0.113. The third-order valence-electron chi connectivity index (χ3n) is 7.00. The first kappa shape index (κ1) is 25.7. The van der Waals surface area contributed by atoms with E-state index in [1.807, 2.05) is 32.9 Å². The Kier molecular flexibility index (Phi) is 7.08. The molecule has 0 fully saturated rings. The molecule has 8 nitrogen and oxygen atoms in total. The van der Waals surface area contributed by atoms with Gasteiger partial charge in [-0.2, -0.15) is 0 Å². The van der Waals surface area contributed by atoms with Crippen molar-refractivity contribution in [2.75, 3.05) is 0 Å². The number of ether oxygens (including phenoxy) is 2. The molecule has 3 aromatic rings. The molecule has 2 atom stereocenters. The highest BCUT2D eigenvalue weighted by atomic mass is 16.6. The molecule has 2 amide bonds. The third-order valence-corrected chi connectivity index (χ3v) is 7.00. The van der Waals surface area contributed by atoms with Crippen LogP contribution in [0, 0.1) is 0 Å². The first-order valence-corrected chi connectivity index (χ1v) is 13.0. The van der Waals surface area contributed by atoms with Crippen LogP contribution in [0.5, 0.6) is 11.6 Å². The summed E-state index contributed by atoms with van der Waals surface area (Å²) < 4.78 is 12.0. The van der Waals surface area contributed by atoms with E-state index < -0.39 is 12.0 Å². The van der Waals surface area contributed by atoms with Gasteiger partial charge in [0.25, 0.3) is 0 Å². The van der Waals surface area contributed by atoms with E-state index in [1.54, 1.807) is 12.1 Å². The van der Waals surface area contributed by atoms with Gasteiger partial charge in [-0.15, -0.1) is 0 Å². The lowest BCUT2D eigenvalue weighted by atomic mass is 9.85. The number of amides is 2. The fraction of sp³-hybridized carbons (Fsp3) is 0.367. The zero-order valence-corrected chi connectivity index (χ0v) is 22.1. The van der Waals surface area contributed by atoms with Crippen molar-refractivity contribution in [3.63, 3.8) is 0 Å². The number of nitrogens with two attached hydrogens (primary N) is 1. The van der Waals surface area contributed by atoms with Crippen LogP contribution in [-0.2, 0) is 24.1 Å². The van der Waals surface area contributed by atoms with Gasteiger partial charge in [0.15, 0.2) is 6.23 Å². The molecule has 2 unspecified atom stereocenters. The van der Waals surface area contributed by atoms with Gasteiger partial charge in [-0.25, -0.2) is 9.78 Å². The average molecular weight is 515 g/mol. The molecule has 2 aliphatic rings. The molecule has 3 N–H and O–H groups in total. The lowest BCUT2D eigenvalue weighted by Crippen LogP contribution is -2.49. The Balaban J connectivity index is 1.39. The lowest BCUT2D eigenvalue weighted by molar-refractivity contribution is -0.0553. The zero-order chi connectivity index (χ0) is 26.9. The maximum Gasteiger partial charge on any atom is 0.409 e. The summed E-state index contributed by atoms with van der Waals surface area (Å²) in [6, 6.07) is 17.8. The number of fused-ring (bicyclic) bond motifs is 2. The second kappa shape index (κ2) is 10.5. The van der Waals surface area contributed by atoms with Gasteiger partial charge in [0.2, 0.25) is 11.8 Å². The summed E-state index contributed by atoms with van der Waals surface area (Å²) in [7, 11) is 0. The van der Waals surface area contributed by atoms with E-state index in [2.05, 4.69) is 45.5 Å². The van der Waals surface area contributed by atoms with E-state index in [1.165, 1.54) is 28.5 Å². The first-order chi connectivity index (χ1) is 18.2. The van der Waals surface area contributed by atoms with Crippen LogP contribution in [0.4, 0.5) is 4.79 Å². The van der Waals surface area contributed by atoms with Crippen molar-refractivity contribution >= 4 is 12.0 Å². The fourth-order valence-corrected chi connectivity index (χ4v) is 5.27. The van der Waals surface area contributed by atoms with Crippen LogP contribution in [0.3, 0.4) is 0 Å². The molecule has 1 aliphatic heterocycles. The Hall–Kier alpha value is -3.91. The Bertz CT molecular complexity index is 1330. The Morgan fingerprint density at radius 1 is 1.05 bits per heavy atom. The molecule has 1 aromatic heterocycles. The zero-order valence-electron chi connectivity index (χ0n) is 22.1. The molecule has 0 spiro atoms. The number of alkyl carbamates (subject to hydrolysis) is 1. The van der Waals surface area contributed by atoms with Gasteiger partial charge >= 0.3 is 6.09 Å². The van der Waals surface area contributed by atoms with Crippen LogP contribution in [-0.4, -0.2) is 33.7 Å². The van der Waals surface area contributed by atoms with Crippen LogP contribution in [0.25, 0.3) is 0 Å². The number of aryl methyl sites for hydroxylation is 1. The Morgan fingerprint density at radius 2 is 1.84 bits per heavy atom. The predicted octanol–water partition coefficient (Wildman–Crippen LogP) is 5.26. The predicted molar refractivity (Wildman–Crippen MR) is 144 cm³/mol. The Morgan fingerprint density at radius 3 is 2.55 bits per heavy atom. The number of benzene rings is 2. The lowest BCUT2D eigenvalue weighted by Gasteiger charge is -2.43. The van der Waals surface area contributed by atoms with Gasteiger partial charge in [0.05, 0.1) is 5.56 Å². The number of hydrogen-bond donors (Lipinski definition) is 2. The standard InChI is InChI=1S/C30H34N4O4/c1-30(2,3)33-29(36)38-27-16-19-7-4-5-8-22(19)18-34(27)25-10-6-9-20-15-23(12-13-24(20)25)37-26-14-11-21(17-32-26)28(31)35/h4-5,7-8,11-15,17,25,27H,6,9-10,16,18H2,1-3H3,(H2,31,35)(H,33,36). The SMILES string of the molecule is CC(C)(C)NC(=O)OC1Cc2ccccc2CN1C1CCCc2cc(Oc3ccc(C(N)=O)cn3)ccc21. The summed E-state index contributed by atoms with van der Waals surface area (Å²) in [6.07, 6.45) is 4.23. The quantitative estimate of drug-likeness (QED) is 0.481. The topological polar surface area (TPSA) is 107 Å². The molecule has 198 valence electrons. The van der Waals surface area contributed by atoms with E-state index >= 15 is 0 Å². The summed E-state index contributed by atoms with van der Waals surface area (Å²) in [5.74, 6) is 0.556. The van der Waals surface area contributed by atoms with Gasteiger partial charge in [-0.1, -0.05) is 30.3 Å². The summed E-state index contributed by atoms with van der Waals surface area (Å²) in [4.78, 5) is 30.6. The number of carbonyl (C=O) groups is 2. The highest BCUT2D eigenvalue weighted by molar-refractivity contribution is 5.92. The minimum atomic E-state index is -0.526. The number of nitrogens with one attached hydrogen (secondary N) is 1. The summed E-state index contributed by atoms with van der Waals surface area (Å²) >= 11 is 0. The van der Waals surface area contributed by atoms with Crippen LogP contribution < -0.4 is 15.8 Å². The average Bonchev–Trinajstić information content (AvgIpc) is 2.87. The monoisotopic (exact) mass is 514 g/mol. The van der Waals surface area contributed by atoms with Crippen LogP contribution >= 0.6 is 0 Å². The second-order valence-electron chi connectivity index (χ2n) is 11.0. The molecule has 5 rings (SSSR count). The van der Waals surface area contributed by atoms with E-state index in [4.69, 9.17) is 15.2 Å². The smallest absolute Gasteiger partial charge is 0.409 e. The van der Waals surface area contributed by atoms with Gasteiger partial charge in [-0.05, 0) is 80.5 Å². The molecule has 2 heterocycles. The number of aromatic nitrogens is 1. The van der Waals surface area contributed by atoms with Crippen molar-refractivity contribution in [3.05, 3.63) is 88.6 Å². The highest BCUT2D eigenvalue weighted by Crippen LogP contribution is 2.41. The van der Waals surface area contributed by atoms with Crippen LogP contribution in [0.2, 0.25) is 0 Å². The number of pyridine rings is 1. The van der Waals surface area contributed by atoms with Crippen molar-refractivity contribution in [2.24, 2.45) is 5.73 Å². The van der Waals surface area contributed by atoms with E-state index in [-0.39, 0.29) is 17.8 Å². The molecule has 0 bridgehead atoms. The van der Waals surface area contributed by atoms with Crippen molar-refractivity contribution in [1.82, 2.24) is 15.2 Å². The van der Waals surface area contributed by atoms with Crippen LogP contribution in [0.1, 0.15) is 72.3 Å². The van der Waals surface area contributed by atoms with Crippen LogP contribution in [0.15, 0.2) is 60.8 Å². The van der Waals surface area contributed by atoms with Gasteiger partial charge in [-0.3, -0.25) is 9.69 Å². The fourth-order valence-electron chi connectivity index (χ4n) is 5.27. The Labute approximate surface area is 223 Å². The molecular formula is C30H34N4O4. The molecule has 0 radical (unpaired) electrons. The van der Waals surface area contributed by atoms with E-state index in [9.17, 15) is 9.59 Å². The normalized spacial score (nSPS) is 19.1. The largest absolute Gasteiger partial charge is 0.439 e. The summed E-state index contributed by atoms with van der Waals surface area (Å²) in [5, 5.41) is 2.94. The maximum atomic E-state index is 12.8. The minimum Gasteiger partial charge on any atom is -0.439 e. The molecule has 38 heavy (non-hydrogen) atoms. The van der Waals surface area contributed by atoms with Gasteiger partial charge in [0.1, 0.15) is 5.75 Å². The maximum absolute atomic E-state index is 12.8. The van der Waals surface area contributed by atoms with Gasteiger partial charge < -0.3 is 20.5 Å². The molecular weight excluding hydrogens is 480 g/mol. The van der Waals surface area contributed by atoms with E-state index in [0.717, 1.165) is 19.3 Å². The number of carbonyl (C=O) groups excluding carboxylic acids is 2. The summed E-state index contributed by atoms with van der Waals surface area (Å²) in [5.41, 5.74) is 10.2. The number of hydrogen-bond acceptors (Lipinski definition) is 6.